The Morgan fingerprint density at radius 1 is 1.02 bits per heavy atom. The minimum atomic E-state index is -0.344. The van der Waals surface area contributed by atoms with Crippen LogP contribution in [0, 0.1) is 5.82 Å². The zero-order valence-corrected chi connectivity index (χ0v) is 25.2. The minimum Gasteiger partial charge on any atom is -0.439 e. The number of hydrogen-bond acceptors (Lipinski definition) is 7. The number of benzene rings is 3. The fourth-order valence-electron chi connectivity index (χ4n) is 4.37. The minimum absolute atomic E-state index is 0.258. The lowest BCUT2D eigenvalue weighted by Gasteiger charge is -2.20. The number of nitrogens with zero attached hydrogens (tertiary/aromatic N) is 5. The summed E-state index contributed by atoms with van der Waals surface area (Å²) in [5.74, 6) is 1.52. The van der Waals surface area contributed by atoms with Crippen molar-refractivity contribution >= 4 is 28.3 Å². The predicted octanol–water partition coefficient (Wildman–Crippen LogP) is 6.66. The lowest BCUT2D eigenvalue weighted by molar-refractivity contribution is 0.102. The molecule has 5 rings (SSSR count). The zero-order valence-electron chi connectivity index (χ0n) is 25.2. The summed E-state index contributed by atoms with van der Waals surface area (Å²) in [7, 11) is 4.06. The Balaban J connectivity index is 1.38. The van der Waals surface area contributed by atoms with Gasteiger partial charge in [0.2, 0.25) is 5.88 Å². The molecule has 1 amide bonds. The first kappa shape index (κ1) is 29.7. The van der Waals surface area contributed by atoms with Crippen molar-refractivity contribution in [1.82, 2.24) is 24.6 Å². The van der Waals surface area contributed by atoms with Gasteiger partial charge in [-0.05, 0) is 80.3 Å². The molecule has 5 aromatic rings. The summed E-state index contributed by atoms with van der Waals surface area (Å²) in [5.41, 5.74) is 1.67. The number of carbonyl (C=O) groups is 1. The molecule has 0 spiro atoms. The van der Waals surface area contributed by atoms with Crippen molar-refractivity contribution in [3.63, 3.8) is 0 Å². The van der Waals surface area contributed by atoms with Crippen LogP contribution in [-0.2, 0) is 5.41 Å². The fraction of sp³-hybridized carbons (Fsp3) is 0.273. The van der Waals surface area contributed by atoms with E-state index in [-0.39, 0.29) is 17.1 Å². The van der Waals surface area contributed by atoms with E-state index in [1.165, 1.54) is 18.5 Å². The van der Waals surface area contributed by atoms with Crippen molar-refractivity contribution in [1.29, 1.82) is 0 Å². The van der Waals surface area contributed by atoms with E-state index in [9.17, 15) is 9.18 Å². The second-order valence-corrected chi connectivity index (χ2v) is 11.7. The lowest BCUT2D eigenvalue weighted by atomic mass is 9.92. The van der Waals surface area contributed by atoms with Crippen molar-refractivity contribution in [2.45, 2.75) is 39.2 Å². The van der Waals surface area contributed by atoms with Crippen LogP contribution >= 0.6 is 0 Å². The Bertz CT molecular complexity index is 1740. The van der Waals surface area contributed by atoms with Gasteiger partial charge in [0.15, 0.2) is 0 Å². The highest BCUT2D eigenvalue weighted by Gasteiger charge is 2.22. The van der Waals surface area contributed by atoms with Gasteiger partial charge >= 0.3 is 0 Å². The third-order valence-electron chi connectivity index (χ3n) is 7.21. The molecule has 2 aromatic heterocycles. The van der Waals surface area contributed by atoms with Gasteiger partial charge in [0.25, 0.3) is 5.91 Å². The van der Waals surface area contributed by atoms with Crippen molar-refractivity contribution < 1.29 is 13.9 Å². The number of likely N-dealkylation sites (N-methyl/N-ethyl adjacent to an activating group) is 1. The van der Waals surface area contributed by atoms with Gasteiger partial charge in [-0.25, -0.2) is 19.0 Å². The third-order valence-corrected chi connectivity index (χ3v) is 7.21. The molecule has 1 unspecified atom stereocenters. The first-order chi connectivity index (χ1) is 20.5. The number of nitrogens with one attached hydrogen (secondary N) is 2. The SMILES string of the molecule is CC(CNc1cc(Oc2ccc3c(C(=O)Nc4cc(C(C)(C)C)nn4-c4ccc(F)cc4)cccc3c2)ncn1)N(C)C. The molecule has 9 nitrogen and oxygen atoms in total. The molecule has 0 saturated carbocycles. The summed E-state index contributed by atoms with van der Waals surface area (Å²) in [6, 6.07) is 21.0. The fourth-order valence-corrected chi connectivity index (χ4v) is 4.37. The normalized spacial score (nSPS) is 12.4. The average molecular weight is 582 g/mol. The Kier molecular flexibility index (Phi) is 8.40. The van der Waals surface area contributed by atoms with E-state index in [1.54, 1.807) is 28.9 Å². The maximum Gasteiger partial charge on any atom is 0.257 e. The number of anilines is 2. The van der Waals surface area contributed by atoms with E-state index in [1.807, 2.05) is 71.3 Å². The molecule has 0 aliphatic carbocycles. The summed E-state index contributed by atoms with van der Waals surface area (Å²) >= 11 is 0. The van der Waals surface area contributed by atoms with Crippen LogP contribution in [0.15, 0.2) is 79.1 Å². The molecular formula is C33H36FN7O2. The summed E-state index contributed by atoms with van der Waals surface area (Å²) in [6.07, 6.45) is 1.46. The summed E-state index contributed by atoms with van der Waals surface area (Å²) in [5, 5.41) is 12.6. The van der Waals surface area contributed by atoms with Crippen LogP contribution in [0.25, 0.3) is 16.5 Å². The van der Waals surface area contributed by atoms with Gasteiger partial charge in [-0.1, -0.05) is 32.9 Å². The molecule has 1 atom stereocenters. The molecule has 0 fully saturated rings. The molecule has 0 aliphatic heterocycles. The lowest BCUT2D eigenvalue weighted by Crippen LogP contribution is -2.31. The maximum absolute atomic E-state index is 13.6. The molecule has 2 heterocycles. The van der Waals surface area contributed by atoms with Crippen LogP contribution in [-0.4, -0.2) is 57.2 Å². The number of amides is 1. The van der Waals surface area contributed by atoms with E-state index in [4.69, 9.17) is 9.84 Å². The van der Waals surface area contributed by atoms with Gasteiger partial charge < -0.3 is 20.3 Å². The number of carbonyl (C=O) groups excluding carboxylic acids is 1. The van der Waals surface area contributed by atoms with Crippen molar-refractivity contribution in [3.8, 4) is 17.3 Å². The van der Waals surface area contributed by atoms with E-state index in [0.29, 0.717) is 40.6 Å². The summed E-state index contributed by atoms with van der Waals surface area (Å²) in [6.45, 7) is 8.99. The topological polar surface area (TPSA) is 97.2 Å². The van der Waals surface area contributed by atoms with Crippen LogP contribution in [0.5, 0.6) is 11.6 Å². The van der Waals surface area contributed by atoms with Crippen molar-refractivity contribution in [3.05, 3.63) is 96.2 Å². The standard InChI is InChI=1S/C33H36FN7O2/c1-21(40(5)6)19-35-29-18-31(37-20-36-29)43-25-14-15-26-22(16-25)8-7-9-27(26)32(42)38-30-17-28(33(2,3)4)39-41(30)24-12-10-23(34)11-13-24/h7-18,20-21H,19H2,1-6H3,(H,38,42)(H,35,36,37). The highest BCUT2D eigenvalue weighted by atomic mass is 19.1. The molecule has 0 saturated heterocycles. The average Bonchev–Trinajstić information content (AvgIpc) is 3.40. The van der Waals surface area contributed by atoms with Crippen molar-refractivity contribution in [2.24, 2.45) is 0 Å². The Hall–Kier alpha value is -4.83. The van der Waals surface area contributed by atoms with Crippen LogP contribution in [0.1, 0.15) is 43.7 Å². The van der Waals surface area contributed by atoms with Crippen molar-refractivity contribution in [2.75, 3.05) is 31.3 Å². The predicted molar refractivity (Wildman–Crippen MR) is 168 cm³/mol. The van der Waals surface area contributed by atoms with Crippen LogP contribution < -0.4 is 15.4 Å². The first-order valence-corrected chi connectivity index (χ1v) is 14.1. The van der Waals surface area contributed by atoms with E-state index < -0.39 is 0 Å². The number of aromatic nitrogens is 4. The molecule has 0 aliphatic rings. The van der Waals surface area contributed by atoms with Gasteiger partial charge in [0.1, 0.15) is 29.5 Å². The van der Waals surface area contributed by atoms with E-state index in [2.05, 4.69) is 32.4 Å². The maximum atomic E-state index is 13.6. The second-order valence-electron chi connectivity index (χ2n) is 11.7. The highest BCUT2D eigenvalue weighted by Crippen LogP contribution is 2.30. The van der Waals surface area contributed by atoms with Gasteiger partial charge in [-0.3, -0.25) is 4.79 Å². The van der Waals surface area contributed by atoms with Crippen LogP contribution in [0.2, 0.25) is 0 Å². The van der Waals surface area contributed by atoms with Gasteiger partial charge in [0.05, 0.1) is 11.4 Å². The molecule has 2 N–H and O–H groups in total. The second kappa shape index (κ2) is 12.2. The molecular weight excluding hydrogens is 545 g/mol. The largest absolute Gasteiger partial charge is 0.439 e. The smallest absolute Gasteiger partial charge is 0.257 e. The Morgan fingerprint density at radius 2 is 1.79 bits per heavy atom. The molecule has 43 heavy (non-hydrogen) atoms. The molecule has 0 radical (unpaired) electrons. The highest BCUT2D eigenvalue weighted by molar-refractivity contribution is 6.13. The Morgan fingerprint density at radius 3 is 2.51 bits per heavy atom. The zero-order chi connectivity index (χ0) is 30.7. The monoisotopic (exact) mass is 581 g/mol. The molecule has 0 bridgehead atoms. The van der Waals surface area contributed by atoms with Gasteiger partial charge in [-0.2, -0.15) is 5.10 Å². The number of rotatable bonds is 9. The third kappa shape index (κ3) is 6.98. The number of halogens is 1. The first-order valence-electron chi connectivity index (χ1n) is 14.1. The van der Waals surface area contributed by atoms with E-state index in [0.717, 1.165) is 23.0 Å². The summed E-state index contributed by atoms with van der Waals surface area (Å²) in [4.78, 5) is 24.3. The Labute approximate surface area is 250 Å². The number of fused-ring (bicyclic) bond motifs is 1. The number of ether oxygens (including phenoxy) is 1. The quantitative estimate of drug-likeness (QED) is 0.201. The van der Waals surface area contributed by atoms with Crippen LogP contribution in [0.4, 0.5) is 16.0 Å². The van der Waals surface area contributed by atoms with Crippen LogP contribution in [0.3, 0.4) is 0 Å². The molecule has 3 aromatic carbocycles. The van der Waals surface area contributed by atoms with E-state index >= 15 is 0 Å². The van der Waals surface area contributed by atoms with Gasteiger partial charge in [-0.15, -0.1) is 0 Å². The number of hydrogen-bond donors (Lipinski definition) is 2. The summed E-state index contributed by atoms with van der Waals surface area (Å²) < 4.78 is 21.3. The van der Waals surface area contributed by atoms with Gasteiger partial charge in [0, 0.05) is 35.7 Å². The molecule has 222 valence electrons. The molecule has 10 heteroatoms.